The first-order valence-electron chi connectivity index (χ1n) is 5.55. The zero-order valence-electron chi connectivity index (χ0n) is 9.75. The number of nitrogens with zero attached hydrogens (tertiary/aromatic N) is 1. The Kier molecular flexibility index (Phi) is 3.32. The average molecular weight is 265 g/mol. The molecule has 1 heterocycles. The summed E-state index contributed by atoms with van der Waals surface area (Å²) >= 11 is 0. The highest BCUT2D eigenvalue weighted by molar-refractivity contribution is 6.01. The molecule has 0 saturated carbocycles. The van der Waals surface area contributed by atoms with E-state index in [2.05, 4.69) is 10.6 Å². The van der Waals surface area contributed by atoms with E-state index in [1.807, 2.05) is 0 Å². The van der Waals surface area contributed by atoms with Crippen molar-refractivity contribution in [2.75, 3.05) is 5.32 Å². The highest BCUT2D eigenvalue weighted by Crippen LogP contribution is 2.33. The van der Waals surface area contributed by atoms with Crippen molar-refractivity contribution >= 4 is 23.2 Å². The van der Waals surface area contributed by atoms with Gasteiger partial charge >= 0.3 is 0 Å². The molecule has 0 aliphatic carbocycles. The molecule has 1 saturated heterocycles. The zero-order chi connectivity index (χ0) is 14.0. The van der Waals surface area contributed by atoms with E-state index >= 15 is 0 Å². The van der Waals surface area contributed by atoms with Gasteiger partial charge in [-0.15, -0.1) is 0 Å². The molecular weight excluding hydrogens is 254 g/mol. The highest BCUT2D eigenvalue weighted by Gasteiger charge is 2.29. The van der Waals surface area contributed by atoms with Crippen LogP contribution in [0.1, 0.15) is 12.8 Å². The molecular formula is C11H11N3O5. The number of anilines is 1. The molecule has 2 amide bonds. The highest BCUT2D eigenvalue weighted by atomic mass is 16.6. The normalized spacial score (nSPS) is 17.9. The van der Waals surface area contributed by atoms with Crippen LogP contribution in [0.2, 0.25) is 0 Å². The van der Waals surface area contributed by atoms with Gasteiger partial charge in [0.25, 0.3) is 5.69 Å². The number of amides is 2. The lowest BCUT2D eigenvalue weighted by atomic mass is 10.2. The van der Waals surface area contributed by atoms with Crippen LogP contribution in [0.5, 0.6) is 5.75 Å². The molecule has 1 aromatic carbocycles. The number of nitro benzene ring substituents is 1. The fourth-order valence-electron chi connectivity index (χ4n) is 1.83. The van der Waals surface area contributed by atoms with Gasteiger partial charge in [0.2, 0.25) is 11.8 Å². The molecule has 8 heteroatoms. The van der Waals surface area contributed by atoms with Crippen molar-refractivity contribution < 1.29 is 19.6 Å². The number of nitro groups is 1. The van der Waals surface area contributed by atoms with Gasteiger partial charge in [-0.25, -0.2) is 0 Å². The van der Waals surface area contributed by atoms with E-state index < -0.39 is 28.3 Å². The van der Waals surface area contributed by atoms with Crippen molar-refractivity contribution in [3.8, 4) is 5.75 Å². The number of hydrogen-bond donors (Lipinski definition) is 3. The predicted octanol–water partition coefficient (Wildman–Crippen LogP) is 0.518. The lowest BCUT2D eigenvalue weighted by molar-refractivity contribution is -0.384. The van der Waals surface area contributed by atoms with Crippen LogP contribution < -0.4 is 10.6 Å². The molecule has 19 heavy (non-hydrogen) atoms. The number of phenols is 1. The molecule has 8 nitrogen and oxygen atoms in total. The third kappa shape index (κ3) is 2.62. The number of carbonyl (C=O) groups excluding carboxylic acids is 2. The van der Waals surface area contributed by atoms with Gasteiger partial charge in [0.15, 0.2) is 5.69 Å². The smallest absolute Gasteiger partial charge is 0.296 e. The first-order valence-corrected chi connectivity index (χ1v) is 5.55. The van der Waals surface area contributed by atoms with Crippen molar-refractivity contribution in [1.29, 1.82) is 0 Å². The number of carbonyl (C=O) groups is 2. The summed E-state index contributed by atoms with van der Waals surface area (Å²) in [5.41, 5.74) is -0.670. The third-order valence-electron chi connectivity index (χ3n) is 2.78. The maximum atomic E-state index is 11.8. The van der Waals surface area contributed by atoms with Gasteiger partial charge in [-0.1, -0.05) is 6.07 Å². The SMILES string of the molecule is O=C1CC[C@@H](C(=O)Nc2c(O)cccc2[N+](=O)[O-])N1. The first-order chi connectivity index (χ1) is 8.99. The maximum absolute atomic E-state index is 11.8. The van der Waals surface area contributed by atoms with E-state index in [-0.39, 0.29) is 18.0 Å². The molecule has 1 aliphatic rings. The maximum Gasteiger partial charge on any atom is 0.296 e. The quantitative estimate of drug-likeness (QED) is 0.417. The van der Waals surface area contributed by atoms with Crippen molar-refractivity contribution in [1.82, 2.24) is 5.32 Å². The Morgan fingerprint density at radius 2 is 2.26 bits per heavy atom. The Morgan fingerprint density at radius 1 is 1.53 bits per heavy atom. The number of benzene rings is 1. The monoisotopic (exact) mass is 265 g/mol. The van der Waals surface area contributed by atoms with E-state index in [4.69, 9.17) is 0 Å². The van der Waals surface area contributed by atoms with Crippen LogP contribution in [0.4, 0.5) is 11.4 Å². The third-order valence-corrected chi connectivity index (χ3v) is 2.78. The Morgan fingerprint density at radius 3 is 2.84 bits per heavy atom. The number of para-hydroxylation sites is 1. The summed E-state index contributed by atoms with van der Waals surface area (Å²) in [5.74, 6) is -1.23. The van der Waals surface area contributed by atoms with Crippen LogP contribution in [0, 0.1) is 10.1 Å². The number of aromatic hydroxyl groups is 1. The minimum Gasteiger partial charge on any atom is -0.505 e. The van der Waals surface area contributed by atoms with Crippen molar-refractivity contribution in [2.24, 2.45) is 0 Å². The number of rotatable bonds is 3. The molecule has 0 aromatic heterocycles. The van der Waals surface area contributed by atoms with Crippen molar-refractivity contribution in [2.45, 2.75) is 18.9 Å². The summed E-state index contributed by atoms with van der Waals surface area (Å²) in [4.78, 5) is 32.9. The van der Waals surface area contributed by atoms with Crippen LogP contribution >= 0.6 is 0 Å². The standard InChI is InChI=1S/C11H11N3O5/c15-8-3-1-2-7(14(18)19)10(8)13-11(17)6-4-5-9(16)12-6/h1-3,6,15H,4-5H2,(H,12,16)(H,13,17)/t6-/m0/s1. The summed E-state index contributed by atoms with van der Waals surface area (Å²) in [7, 11) is 0. The average Bonchev–Trinajstić information content (AvgIpc) is 2.78. The van der Waals surface area contributed by atoms with Crippen LogP contribution in [0.25, 0.3) is 0 Å². The van der Waals surface area contributed by atoms with Gasteiger partial charge < -0.3 is 15.7 Å². The molecule has 1 aliphatic heterocycles. The summed E-state index contributed by atoms with van der Waals surface area (Å²) in [6.45, 7) is 0. The number of nitrogens with one attached hydrogen (secondary N) is 2. The van der Waals surface area contributed by atoms with Crippen molar-refractivity contribution in [3.05, 3.63) is 28.3 Å². The van der Waals surface area contributed by atoms with E-state index in [1.54, 1.807) is 0 Å². The summed E-state index contributed by atoms with van der Waals surface area (Å²) in [6.07, 6.45) is 0.563. The van der Waals surface area contributed by atoms with Gasteiger partial charge in [-0.2, -0.15) is 0 Å². The Bertz CT molecular complexity index is 557. The largest absolute Gasteiger partial charge is 0.505 e. The second-order valence-electron chi connectivity index (χ2n) is 4.08. The molecule has 0 spiro atoms. The van der Waals surface area contributed by atoms with Gasteiger partial charge in [-0.05, 0) is 12.5 Å². The molecule has 0 unspecified atom stereocenters. The van der Waals surface area contributed by atoms with Gasteiger partial charge in [0, 0.05) is 12.5 Å². The second kappa shape index (κ2) is 4.92. The Labute approximate surface area is 107 Å². The molecule has 0 radical (unpaired) electrons. The van der Waals surface area contributed by atoms with Gasteiger partial charge in [-0.3, -0.25) is 19.7 Å². The lowest BCUT2D eigenvalue weighted by Gasteiger charge is -2.11. The summed E-state index contributed by atoms with van der Waals surface area (Å²) < 4.78 is 0. The molecule has 0 bridgehead atoms. The predicted molar refractivity (Wildman–Crippen MR) is 64.6 cm³/mol. The summed E-state index contributed by atoms with van der Waals surface area (Å²) in [6, 6.07) is 2.98. The molecule has 2 rings (SSSR count). The topological polar surface area (TPSA) is 122 Å². The molecule has 1 aromatic rings. The molecule has 1 fully saturated rings. The fourth-order valence-corrected chi connectivity index (χ4v) is 1.83. The van der Waals surface area contributed by atoms with Crippen molar-refractivity contribution in [3.63, 3.8) is 0 Å². The minimum absolute atomic E-state index is 0.237. The number of phenolic OH excluding ortho intramolecular Hbond substituents is 1. The van der Waals surface area contributed by atoms with E-state index in [0.29, 0.717) is 6.42 Å². The Balaban J connectivity index is 2.21. The molecule has 3 N–H and O–H groups in total. The minimum atomic E-state index is -0.730. The number of hydrogen-bond acceptors (Lipinski definition) is 5. The van der Waals surface area contributed by atoms with E-state index in [1.165, 1.54) is 18.2 Å². The summed E-state index contributed by atoms with van der Waals surface area (Å²) in [5, 5.41) is 25.1. The van der Waals surface area contributed by atoms with Gasteiger partial charge in [0.05, 0.1) is 4.92 Å². The van der Waals surface area contributed by atoms with Crippen LogP contribution in [0.3, 0.4) is 0 Å². The van der Waals surface area contributed by atoms with Crippen LogP contribution in [-0.2, 0) is 9.59 Å². The first kappa shape index (κ1) is 12.8. The lowest BCUT2D eigenvalue weighted by Crippen LogP contribution is -2.37. The molecule has 1 atom stereocenters. The van der Waals surface area contributed by atoms with E-state index in [0.717, 1.165) is 0 Å². The Hall–Kier alpha value is -2.64. The molecule has 100 valence electrons. The van der Waals surface area contributed by atoms with Gasteiger partial charge in [0.1, 0.15) is 11.8 Å². The van der Waals surface area contributed by atoms with Crippen LogP contribution in [-0.4, -0.2) is 27.9 Å². The fraction of sp³-hybridized carbons (Fsp3) is 0.273. The van der Waals surface area contributed by atoms with Crippen LogP contribution in [0.15, 0.2) is 18.2 Å². The second-order valence-corrected chi connectivity index (χ2v) is 4.08. The zero-order valence-corrected chi connectivity index (χ0v) is 9.75. The van der Waals surface area contributed by atoms with E-state index in [9.17, 15) is 24.8 Å².